The molecule has 2 saturated heterocycles. The van der Waals surface area contributed by atoms with E-state index in [1.807, 2.05) is 54.6 Å². The fraction of sp³-hybridized carbons (Fsp3) is 0.314. The van der Waals surface area contributed by atoms with E-state index in [-0.39, 0.29) is 7.43 Å². The third-order valence-corrected chi connectivity index (χ3v) is 5.56. The van der Waals surface area contributed by atoms with E-state index in [1.165, 1.54) is 28.7 Å². The van der Waals surface area contributed by atoms with Crippen LogP contribution in [0.4, 0.5) is 0 Å². The highest BCUT2D eigenvalue weighted by Gasteiger charge is 2.23. The zero-order valence-electron chi connectivity index (χ0n) is 22.4. The standard InChI is InChI=1S/C14H14.C9H10O2.C8H8O.C3H8.CH4/c1-2-12-8-10-14(11-9-12)13-6-4-3-5-7-13;1-2-4-8(5-3-1)10-6-9-7-11-9;1-2-4-7(5-3-1)8-6-9-8;1-3-2;/h3-11H,2H2,1H3;1-5,9H,6-7H2;1-5,8H,6H2;3H2,1-2H3;1H4. The number of aryl methyl sites for hydroxylation is 1. The van der Waals surface area contributed by atoms with Crippen LogP contribution in [-0.4, -0.2) is 25.9 Å². The maximum atomic E-state index is 5.40. The molecule has 0 N–H and O–H groups in total. The molecule has 0 radical (unpaired) electrons. The second-order valence-corrected chi connectivity index (χ2v) is 8.94. The van der Waals surface area contributed by atoms with Gasteiger partial charge >= 0.3 is 0 Å². The van der Waals surface area contributed by atoms with Crippen molar-refractivity contribution in [2.75, 3.05) is 19.8 Å². The number of hydrogen-bond acceptors (Lipinski definition) is 3. The SMILES string of the molecule is C.CCC.CCc1ccc(-c2ccccc2)cc1.c1ccc(C2CO2)cc1.c1ccc(OCC2CO2)cc1. The van der Waals surface area contributed by atoms with Gasteiger partial charge in [0.2, 0.25) is 0 Å². The van der Waals surface area contributed by atoms with Crippen molar-refractivity contribution >= 4 is 0 Å². The van der Waals surface area contributed by atoms with Gasteiger partial charge in [-0.05, 0) is 40.8 Å². The van der Waals surface area contributed by atoms with Crippen molar-refractivity contribution in [1.29, 1.82) is 0 Å². The van der Waals surface area contributed by atoms with Crippen LogP contribution in [-0.2, 0) is 15.9 Å². The van der Waals surface area contributed by atoms with E-state index >= 15 is 0 Å². The molecule has 4 aromatic rings. The zero-order valence-corrected chi connectivity index (χ0v) is 22.4. The Morgan fingerprint density at radius 3 is 1.58 bits per heavy atom. The minimum atomic E-state index is 0. The Balaban J connectivity index is 0.000000191. The van der Waals surface area contributed by atoms with E-state index in [1.54, 1.807) is 0 Å². The third kappa shape index (κ3) is 12.2. The summed E-state index contributed by atoms with van der Waals surface area (Å²) in [5.74, 6) is 0.919. The number of benzene rings is 4. The average Bonchev–Trinajstić information content (AvgIpc) is 3.90. The highest BCUT2D eigenvalue weighted by molar-refractivity contribution is 5.63. The summed E-state index contributed by atoms with van der Waals surface area (Å²) in [4.78, 5) is 0. The zero-order chi connectivity index (χ0) is 26.1. The minimum Gasteiger partial charge on any atom is -0.491 e. The molecule has 0 spiro atoms. The maximum Gasteiger partial charge on any atom is 0.119 e. The van der Waals surface area contributed by atoms with Crippen LogP contribution in [0.2, 0.25) is 0 Å². The number of ether oxygens (including phenoxy) is 3. The predicted octanol–water partition coefficient (Wildman–Crippen LogP) is 9.19. The highest BCUT2D eigenvalue weighted by Crippen LogP contribution is 2.28. The third-order valence-electron chi connectivity index (χ3n) is 5.56. The molecule has 2 unspecified atom stereocenters. The topological polar surface area (TPSA) is 34.3 Å². The van der Waals surface area contributed by atoms with Gasteiger partial charge in [-0.15, -0.1) is 0 Å². The summed E-state index contributed by atoms with van der Waals surface area (Å²) in [6, 6.07) is 39.3. The molecule has 6 rings (SSSR count). The molecule has 202 valence electrons. The Labute approximate surface area is 230 Å². The fourth-order valence-electron chi connectivity index (χ4n) is 3.34. The van der Waals surface area contributed by atoms with Gasteiger partial charge in [0, 0.05) is 0 Å². The Morgan fingerprint density at radius 1 is 0.632 bits per heavy atom. The lowest BCUT2D eigenvalue weighted by atomic mass is 10.0. The Hall–Kier alpha value is -3.40. The second kappa shape index (κ2) is 18.0. The van der Waals surface area contributed by atoms with Crippen LogP contribution in [0, 0.1) is 0 Å². The predicted molar refractivity (Wildman–Crippen MR) is 161 cm³/mol. The van der Waals surface area contributed by atoms with E-state index < -0.39 is 0 Å². The van der Waals surface area contributed by atoms with Gasteiger partial charge in [0.1, 0.15) is 24.6 Å². The molecular weight excluding hydrogens is 468 g/mol. The summed E-state index contributed by atoms with van der Waals surface area (Å²) in [5, 5.41) is 0. The van der Waals surface area contributed by atoms with Gasteiger partial charge in [0.05, 0.1) is 13.2 Å². The quantitative estimate of drug-likeness (QED) is 0.242. The number of rotatable bonds is 6. The molecule has 0 saturated carbocycles. The van der Waals surface area contributed by atoms with E-state index in [4.69, 9.17) is 14.2 Å². The van der Waals surface area contributed by atoms with Gasteiger partial charge in [-0.1, -0.05) is 138 Å². The molecular formula is C35H44O3. The molecule has 2 atom stereocenters. The molecule has 2 heterocycles. The van der Waals surface area contributed by atoms with Crippen LogP contribution in [0.1, 0.15) is 51.8 Å². The summed E-state index contributed by atoms with van der Waals surface area (Å²) >= 11 is 0. The summed E-state index contributed by atoms with van der Waals surface area (Å²) in [7, 11) is 0. The molecule has 4 aromatic carbocycles. The summed E-state index contributed by atoms with van der Waals surface area (Å²) in [6.45, 7) is 8.87. The minimum absolute atomic E-state index is 0. The number of para-hydroxylation sites is 1. The Bertz CT molecular complexity index is 1090. The molecule has 0 aliphatic carbocycles. The first-order valence-electron chi connectivity index (χ1n) is 13.3. The molecule has 2 aliphatic rings. The normalized spacial score (nSPS) is 16.0. The van der Waals surface area contributed by atoms with Crippen LogP contribution < -0.4 is 4.74 Å². The largest absolute Gasteiger partial charge is 0.491 e. The first-order chi connectivity index (χ1) is 18.2. The maximum absolute atomic E-state index is 5.40. The monoisotopic (exact) mass is 512 g/mol. The molecule has 0 bridgehead atoms. The molecule has 3 nitrogen and oxygen atoms in total. The number of epoxide rings is 2. The summed E-state index contributed by atoms with van der Waals surface area (Å²) < 4.78 is 15.5. The van der Waals surface area contributed by atoms with Crippen molar-refractivity contribution in [2.24, 2.45) is 0 Å². The van der Waals surface area contributed by atoms with Gasteiger partial charge in [-0.3, -0.25) is 0 Å². The summed E-state index contributed by atoms with van der Waals surface area (Å²) in [6.07, 6.45) is 3.11. The second-order valence-electron chi connectivity index (χ2n) is 8.94. The Morgan fingerprint density at radius 2 is 1.11 bits per heavy atom. The first kappa shape index (κ1) is 30.8. The van der Waals surface area contributed by atoms with Crippen molar-refractivity contribution in [2.45, 2.75) is 53.2 Å². The lowest BCUT2D eigenvalue weighted by Crippen LogP contribution is -2.03. The number of hydrogen-bond donors (Lipinski definition) is 0. The van der Waals surface area contributed by atoms with Gasteiger partial charge < -0.3 is 14.2 Å². The van der Waals surface area contributed by atoms with Crippen molar-refractivity contribution in [3.05, 3.63) is 126 Å². The first-order valence-corrected chi connectivity index (χ1v) is 13.3. The van der Waals surface area contributed by atoms with E-state index in [0.29, 0.717) is 18.8 Å². The molecule has 2 fully saturated rings. The van der Waals surface area contributed by atoms with Crippen LogP contribution in [0.15, 0.2) is 115 Å². The lowest BCUT2D eigenvalue weighted by molar-refractivity contribution is 0.263. The molecule has 0 amide bonds. The summed E-state index contributed by atoms with van der Waals surface area (Å²) in [5.41, 5.74) is 5.28. The van der Waals surface area contributed by atoms with Crippen molar-refractivity contribution < 1.29 is 14.2 Å². The van der Waals surface area contributed by atoms with E-state index in [0.717, 1.165) is 25.4 Å². The van der Waals surface area contributed by atoms with E-state index in [9.17, 15) is 0 Å². The lowest BCUT2D eigenvalue weighted by Gasteiger charge is -2.02. The van der Waals surface area contributed by atoms with Crippen molar-refractivity contribution in [1.82, 2.24) is 0 Å². The van der Waals surface area contributed by atoms with Crippen LogP contribution in [0.3, 0.4) is 0 Å². The molecule has 2 aliphatic heterocycles. The van der Waals surface area contributed by atoms with Crippen LogP contribution >= 0.6 is 0 Å². The highest BCUT2D eigenvalue weighted by atomic mass is 16.6. The van der Waals surface area contributed by atoms with Crippen molar-refractivity contribution in [3.8, 4) is 16.9 Å². The van der Waals surface area contributed by atoms with Gasteiger partial charge in [0.15, 0.2) is 0 Å². The smallest absolute Gasteiger partial charge is 0.119 e. The average molecular weight is 513 g/mol. The van der Waals surface area contributed by atoms with Gasteiger partial charge in [-0.25, -0.2) is 0 Å². The van der Waals surface area contributed by atoms with Crippen molar-refractivity contribution in [3.63, 3.8) is 0 Å². The molecule has 3 heteroatoms. The van der Waals surface area contributed by atoms with Gasteiger partial charge in [-0.2, -0.15) is 0 Å². The van der Waals surface area contributed by atoms with Gasteiger partial charge in [0.25, 0.3) is 0 Å². The Kier molecular flexibility index (Phi) is 14.6. The molecule has 38 heavy (non-hydrogen) atoms. The molecule has 0 aromatic heterocycles. The fourth-order valence-corrected chi connectivity index (χ4v) is 3.34. The van der Waals surface area contributed by atoms with Crippen LogP contribution in [0.25, 0.3) is 11.1 Å². The van der Waals surface area contributed by atoms with Crippen LogP contribution in [0.5, 0.6) is 5.75 Å². The van der Waals surface area contributed by atoms with E-state index in [2.05, 4.69) is 81.4 Å².